The first-order valence-corrected chi connectivity index (χ1v) is 6.92. The first-order valence-electron chi connectivity index (χ1n) is 6.00. The molecule has 106 valence electrons. The number of ether oxygens (including phenoxy) is 2. The molecule has 1 rings (SSSR count). The van der Waals surface area contributed by atoms with Crippen molar-refractivity contribution in [2.24, 2.45) is 0 Å². The van der Waals surface area contributed by atoms with Gasteiger partial charge >= 0.3 is 0 Å². The molecule has 5 heteroatoms. The monoisotopic (exact) mass is 329 g/mol. The van der Waals surface area contributed by atoms with Crippen molar-refractivity contribution in [3.8, 4) is 11.5 Å². The smallest absolute Gasteiger partial charge is 0.251 e. The number of carbonyl (C=O) groups is 1. The summed E-state index contributed by atoms with van der Waals surface area (Å²) in [7, 11) is 3.11. The van der Waals surface area contributed by atoms with Crippen LogP contribution in [0.1, 0.15) is 31.1 Å². The Labute approximate surface area is 122 Å². The second-order valence-electron chi connectivity index (χ2n) is 4.86. The Balaban J connectivity index is 2.95. The summed E-state index contributed by atoms with van der Waals surface area (Å²) in [6, 6.07) is 5.10. The van der Waals surface area contributed by atoms with Gasteiger partial charge in [-0.15, -0.1) is 0 Å². The van der Waals surface area contributed by atoms with Crippen LogP contribution in [0, 0.1) is 0 Å². The van der Waals surface area contributed by atoms with Gasteiger partial charge in [-0.1, -0.05) is 22.9 Å². The normalized spacial score (nSPS) is 12.7. The van der Waals surface area contributed by atoms with Crippen LogP contribution in [0.5, 0.6) is 11.5 Å². The molecule has 0 aromatic heterocycles. The number of hydrogen-bond acceptors (Lipinski definition) is 3. The van der Waals surface area contributed by atoms with Gasteiger partial charge in [0.25, 0.3) is 5.91 Å². The summed E-state index contributed by atoms with van der Waals surface area (Å²) < 4.78 is 10.3. The van der Waals surface area contributed by atoms with Crippen LogP contribution < -0.4 is 14.8 Å². The van der Waals surface area contributed by atoms with Gasteiger partial charge in [-0.05, 0) is 32.0 Å². The molecule has 1 N–H and O–H groups in total. The summed E-state index contributed by atoms with van der Waals surface area (Å²) >= 11 is 3.49. The molecule has 0 fully saturated rings. The quantitative estimate of drug-likeness (QED) is 0.845. The van der Waals surface area contributed by atoms with Crippen molar-refractivity contribution >= 4 is 21.8 Å². The SMILES string of the molecule is COc1ccc(C(=O)NC(C)(C)C(C)Br)cc1OC. The molecule has 0 radical (unpaired) electrons. The van der Waals surface area contributed by atoms with Gasteiger partial charge in [-0.3, -0.25) is 4.79 Å². The fraction of sp³-hybridized carbons (Fsp3) is 0.500. The minimum absolute atomic E-state index is 0.141. The standard InChI is InChI=1S/C14H20BrNO3/c1-9(15)14(2,3)16-13(17)10-6-7-11(18-4)12(8-10)19-5/h6-9H,1-5H3,(H,16,17). The van der Waals surface area contributed by atoms with E-state index < -0.39 is 0 Å². The first-order chi connectivity index (χ1) is 8.81. The van der Waals surface area contributed by atoms with Gasteiger partial charge in [0.1, 0.15) is 0 Å². The van der Waals surface area contributed by atoms with Gasteiger partial charge in [0, 0.05) is 15.9 Å². The largest absolute Gasteiger partial charge is 0.493 e. The van der Waals surface area contributed by atoms with Gasteiger partial charge in [0.2, 0.25) is 0 Å². The second kappa shape index (κ2) is 6.28. The van der Waals surface area contributed by atoms with Crippen LogP contribution in [0.4, 0.5) is 0 Å². The molecule has 0 aliphatic rings. The molecule has 0 saturated heterocycles. The van der Waals surface area contributed by atoms with Crippen molar-refractivity contribution in [2.75, 3.05) is 14.2 Å². The summed E-state index contributed by atoms with van der Waals surface area (Å²) in [4.78, 5) is 12.4. The zero-order valence-corrected chi connectivity index (χ0v) is 13.5. The summed E-state index contributed by atoms with van der Waals surface area (Å²) in [6.45, 7) is 5.92. The van der Waals surface area contributed by atoms with Crippen LogP contribution in [-0.4, -0.2) is 30.5 Å². The fourth-order valence-corrected chi connectivity index (χ4v) is 1.56. The minimum atomic E-state index is -0.343. The van der Waals surface area contributed by atoms with Gasteiger partial charge in [0.05, 0.1) is 14.2 Å². The van der Waals surface area contributed by atoms with E-state index in [-0.39, 0.29) is 16.3 Å². The Morgan fingerprint density at radius 3 is 2.32 bits per heavy atom. The molecule has 4 nitrogen and oxygen atoms in total. The molecule has 0 aliphatic carbocycles. The molecule has 0 saturated carbocycles. The van der Waals surface area contributed by atoms with E-state index in [0.717, 1.165) is 0 Å². The van der Waals surface area contributed by atoms with Crippen LogP contribution in [0.3, 0.4) is 0 Å². The molecular formula is C14H20BrNO3. The minimum Gasteiger partial charge on any atom is -0.493 e. The van der Waals surface area contributed by atoms with E-state index in [1.54, 1.807) is 32.4 Å². The number of alkyl halides is 1. The lowest BCUT2D eigenvalue weighted by Gasteiger charge is -2.29. The number of hydrogen-bond donors (Lipinski definition) is 1. The summed E-state index contributed by atoms with van der Waals surface area (Å²) in [5, 5.41) is 2.98. The molecule has 0 bridgehead atoms. The van der Waals surface area contributed by atoms with Crippen LogP contribution in [0.25, 0.3) is 0 Å². The van der Waals surface area contributed by atoms with E-state index >= 15 is 0 Å². The number of rotatable bonds is 5. The molecule has 1 atom stereocenters. The molecular weight excluding hydrogens is 310 g/mol. The van der Waals surface area contributed by atoms with Gasteiger partial charge in [0.15, 0.2) is 11.5 Å². The Kier molecular flexibility index (Phi) is 5.23. The third-order valence-electron chi connectivity index (χ3n) is 3.08. The fourth-order valence-electron chi connectivity index (χ4n) is 1.44. The van der Waals surface area contributed by atoms with Crippen LogP contribution >= 0.6 is 15.9 Å². The molecule has 1 unspecified atom stereocenters. The predicted molar refractivity (Wildman–Crippen MR) is 79.5 cm³/mol. The van der Waals surface area contributed by atoms with E-state index in [1.165, 1.54) is 0 Å². The highest BCUT2D eigenvalue weighted by Gasteiger charge is 2.26. The maximum Gasteiger partial charge on any atom is 0.251 e. The zero-order chi connectivity index (χ0) is 14.6. The van der Waals surface area contributed by atoms with Crippen molar-refractivity contribution in [1.29, 1.82) is 0 Å². The number of amides is 1. The summed E-state index contributed by atoms with van der Waals surface area (Å²) in [6.07, 6.45) is 0. The number of nitrogens with one attached hydrogen (secondary N) is 1. The Morgan fingerprint density at radius 1 is 1.26 bits per heavy atom. The van der Waals surface area contributed by atoms with Crippen molar-refractivity contribution in [3.05, 3.63) is 23.8 Å². The van der Waals surface area contributed by atoms with E-state index in [9.17, 15) is 4.79 Å². The predicted octanol–water partition coefficient (Wildman–Crippen LogP) is 3.00. The maximum atomic E-state index is 12.2. The zero-order valence-electron chi connectivity index (χ0n) is 11.9. The third kappa shape index (κ3) is 3.86. The maximum absolute atomic E-state index is 12.2. The lowest BCUT2D eigenvalue weighted by atomic mass is 10.0. The van der Waals surface area contributed by atoms with Crippen molar-refractivity contribution in [3.63, 3.8) is 0 Å². The van der Waals surface area contributed by atoms with Crippen LogP contribution in [0.2, 0.25) is 0 Å². The van der Waals surface area contributed by atoms with Gasteiger partial charge in [-0.2, -0.15) is 0 Å². The average Bonchev–Trinajstić information content (AvgIpc) is 2.37. The highest BCUT2D eigenvalue weighted by Crippen LogP contribution is 2.28. The molecule has 1 amide bonds. The number of carbonyl (C=O) groups excluding carboxylic acids is 1. The third-order valence-corrected chi connectivity index (χ3v) is 4.22. The molecule has 19 heavy (non-hydrogen) atoms. The van der Waals surface area contributed by atoms with E-state index in [1.807, 2.05) is 20.8 Å². The Morgan fingerprint density at radius 2 is 1.84 bits per heavy atom. The lowest BCUT2D eigenvalue weighted by molar-refractivity contribution is 0.0913. The molecule has 0 aliphatic heterocycles. The average molecular weight is 330 g/mol. The Hall–Kier alpha value is -1.23. The van der Waals surface area contributed by atoms with Crippen molar-refractivity contribution in [2.45, 2.75) is 31.1 Å². The van der Waals surface area contributed by atoms with Crippen molar-refractivity contribution in [1.82, 2.24) is 5.32 Å². The molecule has 0 heterocycles. The van der Waals surface area contributed by atoms with E-state index in [2.05, 4.69) is 21.2 Å². The Bertz CT molecular complexity index is 458. The van der Waals surface area contributed by atoms with E-state index in [0.29, 0.717) is 17.1 Å². The topological polar surface area (TPSA) is 47.6 Å². The molecule has 1 aromatic carbocycles. The van der Waals surface area contributed by atoms with Gasteiger partial charge in [-0.25, -0.2) is 0 Å². The highest BCUT2D eigenvalue weighted by molar-refractivity contribution is 9.09. The molecule has 1 aromatic rings. The van der Waals surface area contributed by atoms with Gasteiger partial charge < -0.3 is 14.8 Å². The second-order valence-corrected chi connectivity index (χ2v) is 6.24. The number of benzene rings is 1. The number of methoxy groups -OCH3 is 2. The summed E-state index contributed by atoms with van der Waals surface area (Å²) in [5.41, 5.74) is 0.198. The number of halogens is 1. The van der Waals surface area contributed by atoms with Crippen LogP contribution in [0.15, 0.2) is 18.2 Å². The van der Waals surface area contributed by atoms with E-state index in [4.69, 9.17) is 9.47 Å². The first kappa shape index (κ1) is 15.8. The summed E-state index contributed by atoms with van der Waals surface area (Å²) in [5.74, 6) is 1.00. The van der Waals surface area contributed by atoms with Crippen LogP contribution in [-0.2, 0) is 0 Å². The van der Waals surface area contributed by atoms with Crippen molar-refractivity contribution < 1.29 is 14.3 Å². The lowest BCUT2D eigenvalue weighted by Crippen LogP contribution is -2.48. The highest BCUT2D eigenvalue weighted by atomic mass is 79.9. The molecule has 0 spiro atoms.